The molecule has 1 aliphatic heterocycles. The van der Waals surface area contributed by atoms with Gasteiger partial charge in [0.2, 0.25) is 0 Å². The van der Waals surface area contributed by atoms with Gasteiger partial charge in [-0.25, -0.2) is 4.39 Å². The van der Waals surface area contributed by atoms with E-state index < -0.39 is 6.10 Å². The lowest BCUT2D eigenvalue weighted by molar-refractivity contribution is 0.0590. The molecule has 1 fully saturated rings. The number of nitrogen functional groups attached to an aromatic ring is 1. The van der Waals surface area contributed by atoms with Crippen molar-refractivity contribution in [3.63, 3.8) is 0 Å². The van der Waals surface area contributed by atoms with Gasteiger partial charge in [0.15, 0.2) is 0 Å². The zero-order valence-electron chi connectivity index (χ0n) is 24.1. The lowest BCUT2D eigenvalue weighted by Crippen LogP contribution is -2.40. The highest BCUT2D eigenvalue weighted by atomic mass is 19.1. The normalized spacial score (nSPS) is 15.0. The topological polar surface area (TPSA) is 68.0 Å². The number of ether oxygens (including phenoxy) is 2. The fraction of sp³-hybridized carbons (Fsp3) is 0.314. The molecular weight excluding hydrogens is 515 g/mol. The van der Waals surface area contributed by atoms with E-state index in [4.69, 9.17) is 15.2 Å². The molecule has 1 atom stereocenters. The lowest BCUT2D eigenvalue weighted by Gasteiger charge is -2.33. The van der Waals surface area contributed by atoms with E-state index in [1.54, 1.807) is 12.1 Å². The summed E-state index contributed by atoms with van der Waals surface area (Å²) >= 11 is 0. The number of halogens is 1. The Kier molecular flexibility index (Phi) is 8.91. The van der Waals surface area contributed by atoms with Crippen molar-refractivity contribution in [3.05, 3.63) is 107 Å². The van der Waals surface area contributed by atoms with Gasteiger partial charge in [-0.3, -0.25) is 0 Å². The van der Waals surface area contributed by atoms with Crippen molar-refractivity contribution in [2.75, 3.05) is 32.0 Å². The number of aryl methyl sites for hydroxylation is 1. The summed E-state index contributed by atoms with van der Waals surface area (Å²) in [5.41, 5.74) is 13.5. The van der Waals surface area contributed by atoms with Crippen LogP contribution < -0.4 is 15.2 Å². The molecule has 1 saturated heterocycles. The molecule has 0 aliphatic carbocycles. The molecule has 3 N–H and O–H groups in total. The van der Waals surface area contributed by atoms with Crippen LogP contribution in [-0.4, -0.2) is 42.4 Å². The Morgan fingerprint density at radius 3 is 2.02 bits per heavy atom. The van der Waals surface area contributed by atoms with Crippen LogP contribution in [-0.2, 0) is 0 Å². The number of aliphatic hydroxyl groups excluding tert-OH is 1. The highest BCUT2D eigenvalue weighted by molar-refractivity contribution is 5.64. The second-order valence-electron chi connectivity index (χ2n) is 11.1. The average molecular weight is 555 g/mol. The van der Waals surface area contributed by atoms with Gasteiger partial charge in [0.25, 0.3) is 0 Å². The van der Waals surface area contributed by atoms with Crippen molar-refractivity contribution in [2.24, 2.45) is 0 Å². The second kappa shape index (κ2) is 12.8. The van der Waals surface area contributed by atoms with Gasteiger partial charge in [-0.2, -0.15) is 0 Å². The Labute approximate surface area is 242 Å². The van der Waals surface area contributed by atoms with Gasteiger partial charge in [0.1, 0.15) is 35.8 Å². The Bertz CT molecular complexity index is 1450. The molecular formula is C35H39FN2O3. The van der Waals surface area contributed by atoms with E-state index in [-0.39, 0.29) is 12.4 Å². The van der Waals surface area contributed by atoms with Crippen LogP contribution in [0.2, 0.25) is 0 Å². The number of hydrogen-bond donors (Lipinski definition) is 2. The first kappa shape index (κ1) is 28.7. The van der Waals surface area contributed by atoms with Gasteiger partial charge in [0.05, 0.1) is 0 Å². The minimum absolute atomic E-state index is 0.270. The van der Waals surface area contributed by atoms with Crippen LogP contribution in [0.25, 0.3) is 11.1 Å². The SMILES string of the molecule is Cc1cc(N)c(C)c(C)c1OCC(O)CN1CCC(c2ccc(-c3ccc(Oc4ccc(F)cc4)cc3)cc2)CC1. The summed E-state index contributed by atoms with van der Waals surface area (Å²) in [6, 6.07) is 24.7. The van der Waals surface area contributed by atoms with E-state index in [0.717, 1.165) is 65.2 Å². The first-order valence-electron chi connectivity index (χ1n) is 14.3. The summed E-state index contributed by atoms with van der Waals surface area (Å²) < 4.78 is 25.0. The summed E-state index contributed by atoms with van der Waals surface area (Å²) in [4.78, 5) is 2.34. The minimum Gasteiger partial charge on any atom is -0.490 e. The van der Waals surface area contributed by atoms with Crippen molar-refractivity contribution in [3.8, 4) is 28.4 Å². The van der Waals surface area contributed by atoms with Crippen LogP contribution in [0.1, 0.15) is 41.0 Å². The van der Waals surface area contributed by atoms with Crippen LogP contribution in [0, 0.1) is 26.6 Å². The Morgan fingerprint density at radius 2 is 1.41 bits per heavy atom. The van der Waals surface area contributed by atoms with Crippen molar-refractivity contribution < 1.29 is 19.0 Å². The van der Waals surface area contributed by atoms with Crippen molar-refractivity contribution in [1.82, 2.24) is 4.90 Å². The van der Waals surface area contributed by atoms with Gasteiger partial charge in [-0.15, -0.1) is 0 Å². The Hall–Kier alpha value is -3.87. The average Bonchev–Trinajstić information content (AvgIpc) is 2.98. The van der Waals surface area contributed by atoms with E-state index in [0.29, 0.717) is 24.0 Å². The molecule has 6 heteroatoms. The summed E-state index contributed by atoms with van der Waals surface area (Å²) in [6.45, 7) is 8.79. The van der Waals surface area contributed by atoms with Crippen LogP contribution >= 0.6 is 0 Å². The largest absolute Gasteiger partial charge is 0.490 e. The molecule has 41 heavy (non-hydrogen) atoms. The molecule has 1 aliphatic rings. The van der Waals surface area contributed by atoms with Crippen molar-refractivity contribution >= 4 is 5.69 Å². The smallest absolute Gasteiger partial charge is 0.127 e. The number of benzene rings is 4. The molecule has 5 nitrogen and oxygen atoms in total. The van der Waals surface area contributed by atoms with Crippen molar-refractivity contribution in [1.29, 1.82) is 0 Å². The van der Waals surface area contributed by atoms with Gasteiger partial charge < -0.3 is 25.2 Å². The number of piperidine rings is 1. The highest BCUT2D eigenvalue weighted by Gasteiger charge is 2.23. The molecule has 1 heterocycles. The highest BCUT2D eigenvalue weighted by Crippen LogP contribution is 2.32. The predicted molar refractivity (Wildman–Crippen MR) is 163 cm³/mol. The van der Waals surface area contributed by atoms with E-state index in [1.165, 1.54) is 17.7 Å². The van der Waals surface area contributed by atoms with Gasteiger partial charge in [-0.05, 0) is 128 Å². The maximum absolute atomic E-state index is 13.1. The van der Waals surface area contributed by atoms with E-state index in [2.05, 4.69) is 29.2 Å². The number of β-amino-alcohol motifs (C(OH)–C–C–N with tert-alkyl or cyclic N) is 1. The standard InChI is InChI=1S/C35H39FN2O3/c1-23-20-34(37)24(2)25(3)35(23)40-22-31(39)21-38-18-16-29(17-19-38)27-6-4-26(5-7-27)28-8-12-32(13-9-28)41-33-14-10-30(36)11-15-33/h4-15,20,29,31,39H,16-19,21-22,37H2,1-3H3. The van der Waals surface area contributed by atoms with Gasteiger partial charge >= 0.3 is 0 Å². The number of anilines is 1. The predicted octanol–water partition coefficient (Wildman–Crippen LogP) is 7.41. The number of aliphatic hydroxyl groups is 1. The Balaban J connectivity index is 1.09. The lowest BCUT2D eigenvalue weighted by atomic mass is 9.88. The molecule has 0 radical (unpaired) electrons. The number of likely N-dealkylation sites (tertiary alicyclic amines) is 1. The number of rotatable bonds is 9. The molecule has 214 valence electrons. The van der Waals surface area contributed by atoms with Crippen molar-refractivity contribution in [2.45, 2.75) is 45.6 Å². The van der Waals surface area contributed by atoms with Crippen LogP contribution in [0.5, 0.6) is 17.2 Å². The molecule has 1 unspecified atom stereocenters. The molecule has 0 spiro atoms. The number of hydrogen-bond acceptors (Lipinski definition) is 5. The molecule has 0 bridgehead atoms. The molecule has 0 saturated carbocycles. The van der Waals surface area contributed by atoms with Crippen LogP contribution in [0.15, 0.2) is 78.9 Å². The van der Waals surface area contributed by atoms with E-state index >= 15 is 0 Å². The molecule has 0 amide bonds. The first-order chi connectivity index (χ1) is 19.8. The third-order valence-corrected chi connectivity index (χ3v) is 8.16. The third kappa shape index (κ3) is 7.07. The maximum Gasteiger partial charge on any atom is 0.127 e. The summed E-state index contributed by atoms with van der Waals surface area (Å²) in [6.07, 6.45) is 1.59. The van der Waals surface area contributed by atoms with Gasteiger partial charge in [0, 0.05) is 12.2 Å². The minimum atomic E-state index is -0.546. The zero-order chi connectivity index (χ0) is 28.9. The number of nitrogens with zero attached hydrogens (tertiary/aromatic N) is 1. The quantitative estimate of drug-likeness (QED) is 0.211. The summed E-state index contributed by atoms with van der Waals surface area (Å²) in [5.74, 6) is 2.38. The molecule has 4 aromatic rings. The number of nitrogens with two attached hydrogens (primary N) is 1. The van der Waals surface area contributed by atoms with E-state index in [1.807, 2.05) is 51.1 Å². The Morgan fingerprint density at radius 1 is 0.854 bits per heavy atom. The molecule has 4 aromatic carbocycles. The maximum atomic E-state index is 13.1. The fourth-order valence-corrected chi connectivity index (χ4v) is 5.59. The first-order valence-corrected chi connectivity index (χ1v) is 14.3. The van der Waals surface area contributed by atoms with Gasteiger partial charge in [-0.1, -0.05) is 36.4 Å². The van der Waals surface area contributed by atoms with E-state index in [9.17, 15) is 9.50 Å². The third-order valence-electron chi connectivity index (χ3n) is 8.16. The molecule has 5 rings (SSSR count). The van der Waals surface area contributed by atoms with Crippen LogP contribution in [0.3, 0.4) is 0 Å². The van der Waals surface area contributed by atoms with Crippen LogP contribution in [0.4, 0.5) is 10.1 Å². The summed E-state index contributed by atoms with van der Waals surface area (Å²) in [7, 11) is 0. The molecule has 0 aromatic heterocycles. The zero-order valence-corrected chi connectivity index (χ0v) is 24.1. The second-order valence-corrected chi connectivity index (χ2v) is 11.1. The fourth-order valence-electron chi connectivity index (χ4n) is 5.59. The monoisotopic (exact) mass is 554 g/mol. The summed E-state index contributed by atoms with van der Waals surface area (Å²) in [5, 5.41) is 10.7.